The van der Waals surface area contributed by atoms with E-state index < -0.39 is 15.3 Å². The van der Waals surface area contributed by atoms with Crippen LogP contribution < -0.4 is 4.72 Å². The van der Waals surface area contributed by atoms with Crippen LogP contribution in [0.5, 0.6) is 0 Å². The number of sulfonamides is 1. The van der Waals surface area contributed by atoms with Crippen molar-refractivity contribution in [3.8, 4) is 11.5 Å². The quantitative estimate of drug-likeness (QED) is 0.825. The van der Waals surface area contributed by atoms with Gasteiger partial charge in [-0.2, -0.15) is 4.98 Å². The summed E-state index contributed by atoms with van der Waals surface area (Å²) in [7, 11) is -2.02. The predicted molar refractivity (Wildman–Crippen MR) is 76.8 cm³/mol. The highest BCUT2D eigenvalue weighted by molar-refractivity contribution is 7.90. The molecule has 0 radical (unpaired) electrons. The molecule has 0 aliphatic rings. The lowest BCUT2D eigenvalue weighted by Crippen LogP contribution is -2.35. The molecule has 0 fully saturated rings. The smallest absolute Gasteiger partial charge is 0.257 e. The lowest BCUT2D eigenvalue weighted by atomic mass is 10.2. The molecule has 0 aliphatic carbocycles. The first-order valence-electron chi connectivity index (χ1n) is 6.38. The van der Waals surface area contributed by atoms with Gasteiger partial charge in [-0.25, -0.2) is 13.1 Å². The van der Waals surface area contributed by atoms with Crippen molar-refractivity contribution < 1.29 is 17.7 Å². The highest BCUT2D eigenvalue weighted by Gasteiger charge is 2.21. The Hall–Kier alpha value is -1.77. The molecule has 7 nitrogen and oxygen atoms in total. The lowest BCUT2D eigenvalue weighted by Gasteiger charge is -2.11. The van der Waals surface area contributed by atoms with Crippen LogP contribution >= 0.6 is 0 Å². The first-order valence-corrected chi connectivity index (χ1v) is 7.93. The van der Waals surface area contributed by atoms with E-state index in [0.29, 0.717) is 5.89 Å². The van der Waals surface area contributed by atoms with Gasteiger partial charge in [0.1, 0.15) is 0 Å². The van der Waals surface area contributed by atoms with Crippen LogP contribution in [0.3, 0.4) is 0 Å². The number of aromatic nitrogens is 2. The first kappa shape index (κ1) is 15.6. The molecule has 2 aromatic rings. The number of methoxy groups -OCH3 is 1. The maximum Gasteiger partial charge on any atom is 0.257 e. The van der Waals surface area contributed by atoms with Gasteiger partial charge in [0.25, 0.3) is 5.89 Å². The Balaban J connectivity index is 2.01. The van der Waals surface area contributed by atoms with Crippen molar-refractivity contribution in [3.63, 3.8) is 0 Å². The zero-order chi connectivity index (χ0) is 15.3. The molecule has 21 heavy (non-hydrogen) atoms. The van der Waals surface area contributed by atoms with Crippen LogP contribution in [0.4, 0.5) is 0 Å². The van der Waals surface area contributed by atoms with E-state index >= 15 is 0 Å². The maximum absolute atomic E-state index is 11.9. The molecule has 1 N–H and O–H groups in total. The summed E-state index contributed by atoms with van der Waals surface area (Å²) < 4.78 is 36.2. The molecule has 0 saturated heterocycles. The minimum Gasteiger partial charge on any atom is -0.383 e. The van der Waals surface area contributed by atoms with Crippen LogP contribution in [0.1, 0.15) is 12.7 Å². The number of ether oxygens (including phenoxy) is 1. The van der Waals surface area contributed by atoms with E-state index in [1.165, 1.54) is 7.11 Å². The minimum atomic E-state index is -3.47. The highest BCUT2D eigenvalue weighted by Crippen LogP contribution is 2.16. The van der Waals surface area contributed by atoms with Crippen molar-refractivity contribution >= 4 is 10.0 Å². The van der Waals surface area contributed by atoms with Gasteiger partial charge in [-0.1, -0.05) is 23.4 Å². The fourth-order valence-corrected chi connectivity index (χ4v) is 2.59. The molecule has 0 amide bonds. The van der Waals surface area contributed by atoms with E-state index in [0.717, 1.165) is 5.56 Å². The molecule has 1 atom stereocenters. The molecule has 114 valence electrons. The van der Waals surface area contributed by atoms with Crippen molar-refractivity contribution in [3.05, 3.63) is 36.2 Å². The van der Waals surface area contributed by atoms with Gasteiger partial charge < -0.3 is 9.26 Å². The van der Waals surface area contributed by atoms with Gasteiger partial charge in [-0.3, -0.25) is 0 Å². The highest BCUT2D eigenvalue weighted by atomic mass is 32.2. The summed E-state index contributed by atoms with van der Waals surface area (Å²) in [6.07, 6.45) is 0. The van der Waals surface area contributed by atoms with Gasteiger partial charge in [0.2, 0.25) is 10.0 Å². The third-order valence-electron chi connectivity index (χ3n) is 2.85. The van der Waals surface area contributed by atoms with E-state index in [9.17, 15) is 8.42 Å². The van der Waals surface area contributed by atoms with Gasteiger partial charge in [0, 0.05) is 12.7 Å². The van der Waals surface area contributed by atoms with Gasteiger partial charge >= 0.3 is 0 Å². The summed E-state index contributed by atoms with van der Waals surface area (Å²) in [5.74, 6) is 0.636. The molecule has 1 heterocycles. The van der Waals surface area contributed by atoms with Crippen molar-refractivity contribution in [1.29, 1.82) is 0 Å². The molecule has 8 heteroatoms. The number of nitrogens with zero attached hydrogens (tertiary/aromatic N) is 2. The Kier molecular flexibility index (Phi) is 5.05. The number of hydrogen-bond acceptors (Lipinski definition) is 6. The second-order valence-corrected chi connectivity index (χ2v) is 6.70. The molecule has 0 saturated carbocycles. The van der Waals surface area contributed by atoms with Crippen LogP contribution in [0.15, 0.2) is 34.9 Å². The van der Waals surface area contributed by atoms with Crippen LogP contribution in [0.2, 0.25) is 0 Å². The van der Waals surface area contributed by atoms with Crippen LogP contribution in [0.25, 0.3) is 11.5 Å². The second-order valence-electron chi connectivity index (χ2n) is 4.51. The summed E-state index contributed by atoms with van der Waals surface area (Å²) in [5.41, 5.74) is 0.784. The first-order chi connectivity index (χ1) is 10.0. The Morgan fingerprint density at radius 3 is 2.71 bits per heavy atom. The third-order valence-corrected chi connectivity index (χ3v) is 4.59. The molecule has 1 aromatic heterocycles. The van der Waals surface area contributed by atoms with Gasteiger partial charge in [0.15, 0.2) is 5.82 Å². The van der Waals surface area contributed by atoms with E-state index in [4.69, 9.17) is 9.26 Å². The number of hydrogen-bond donors (Lipinski definition) is 1. The van der Waals surface area contributed by atoms with E-state index in [1.807, 2.05) is 30.3 Å². The van der Waals surface area contributed by atoms with Crippen LogP contribution in [0, 0.1) is 0 Å². The van der Waals surface area contributed by atoms with Crippen molar-refractivity contribution in [1.82, 2.24) is 14.9 Å². The van der Waals surface area contributed by atoms with Crippen molar-refractivity contribution in [2.24, 2.45) is 0 Å². The van der Waals surface area contributed by atoms with Crippen LogP contribution in [-0.4, -0.2) is 37.5 Å². The minimum absolute atomic E-state index is 0.0211. The molecular formula is C13H17N3O4S. The molecule has 0 aliphatic heterocycles. The lowest BCUT2D eigenvalue weighted by molar-refractivity contribution is 0.200. The molecule has 0 unspecified atom stereocenters. The zero-order valence-corrected chi connectivity index (χ0v) is 12.6. The monoisotopic (exact) mass is 311 g/mol. The maximum atomic E-state index is 11.9. The van der Waals surface area contributed by atoms with Gasteiger partial charge in [-0.05, 0) is 19.1 Å². The summed E-state index contributed by atoms with van der Waals surface area (Å²) in [5, 5.41) is 3.11. The Labute approximate surface area is 123 Å². The Morgan fingerprint density at radius 2 is 2.05 bits per heavy atom. The second kappa shape index (κ2) is 6.79. The average Bonchev–Trinajstić information content (AvgIpc) is 2.95. The summed E-state index contributed by atoms with van der Waals surface area (Å²) in [4.78, 5) is 4.15. The summed E-state index contributed by atoms with van der Waals surface area (Å²) in [6, 6.07) is 9.26. The molecule has 0 spiro atoms. The number of nitrogens with one attached hydrogen (secondary N) is 1. The largest absolute Gasteiger partial charge is 0.383 e. The molecule has 0 bridgehead atoms. The summed E-state index contributed by atoms with van der Waals surface area (Å²) >= 11 is 0. The van der Waals surface area contributed by atoms with E-state index in [-0.39, 0.29) is 19.0 Å². The average molecular weight is 311 g/mol. The summed E-state index contributed by atoms with van der Waals surface area (Å²) in [6.45, 7) is 1.67. The van der Waals surface area contributed by atoms with Gasteiger partial charge in [0.05, 0.1) is 18.4 Å². The fourth-order valence-electron chi connectivity index (χ4n) is 1.66. The number of benzene rings is 1. The standard InChI is InChI=1S/C13H17N3O4S/c1-10(9-19-2)21(17,18)14-8-12-15-13(20-16-12)11-6-4-3-5-7-11/h3-7,10,14H,8-9H2,1-2H3/t10-/m1/s1. The SMILES string of the molecule is COC[C@@H](C)S(=O)(=O)NCc1noc(-c2ccccc2)n1. The normalized spacial score (nSPS) is 13.2. The third kappa shape index (κ3) is 4.10. The topological polar surface area (TPSA) is 94.3 Å². The zero-order valence-electron chi connectivity index (χ0n) is 11.8. The molecule has 1 aromatic carbocycles. The Morgan fingerprint density at radius 1 is 1.33 bits per heavy atom. The van der Waals surface area contributed by atoms with E-state index in [2.05, 4.69) is 14.9 Å². The molecular weight excluding hydrogens is 294 g/mol. The fraction of sp³-hybridized carbons (Fsp3) is 0.385. The van der Waals surface area contributed by atoms with Crippen LogP contribution in [-0.2, 0) is 21.3 Å². The molecule has 2 rings (SSSR count). The van der Waals surface area contributed by atoms with Gasteiger partial charge in [-0.15, -0.1) is 0 Å². The van der Waals surface area contributed by atoms with Crippen molar-refractivity contribution in [2.45, 2.75) is 18.7 Å². The van der Waals surface area contributed by atoms with E-state index in [1.54, 1.807) is 6.92 Å². The van der Waals surface area contributed by atoms with Crippen molar-refractivity contribution in [2.75, 3.05) is 13.7 Å². The Bertz CT molecular complexity index is 670. The number of rotatable bonds is 7. The predicted octanol–water partition coefficient (Wildman–Crippen LogP) is 1.19.